The largest absolute Gasteiger partial charge is 0.733 e. The molecule has 1 amide bonds. The third-order valence-corrected chi connectivity index (χ3v) is 7.64. The van der Waals surface area contributed by atoms with Gasteiger partial charge in [-0.3, -0.25) is 14.9 Å². The van der Waals surface area contributed by atoms with Crippen LogP contribution in [0.25, 0.3) is 6.08 Å². The van der Waals surface area contributed by atoms with E-state index in [1.165, 1.54) is 63.8 Å². The van der Waals surface area contributed by atoms with Crippen LogP contribution < -0.4 is 24.3 Å². The number of anilines is 2. The second-order valence-electron chi connectivity index (χ2n) is 7.74. The molecule has 3 aromatic rings. The fourth-order valence-electron chi connectivity index (χ4n) is 4.05. The van der Waals surface area contributed by atoms with Gasteiger partial charge in [-0.1, -0.05) is 36.4 Å². The molecule has 11 heteroatoms. The van der Waals surface area contributed by atoms with E-state index < -0.39 is 26.0 Å². The molecule has 0 aromatic heterocycles. The Morgan fingerprint density at radius 1 is 0.944 bits per heavy atom. The number of methoxy groups -OCH3 is 3. The van der Waals surface area contributed by atoms with Gasteiger partial charge in [0.25, 0.3) is 5.91 Å². The molecule has 4 rings (SSSR count). The summed E-state index contributed by atoms with van der Waals surface area (Å²) in [7, 11) is 0.0425. The van der Waals surface area contributed by atoms with Crippen molar-refractivity contribution in [3.05, 3.63) is 88.0 Å². The van der Waals surface area contributed by atoms with E-state index in [-0.39, 0.29) is 28.1 Å². The van der Waals surface area contributed by atoms with Crippen LogP contribution in [0, 0.1) is 5.21 Å². The second kappa shape index (κ2) is 9.90. The van der Waals surface area contributed by atoms with Gasteiger partial charge in [-0.25, -0.2) is 8.42 Å². The molecule has 0 spiro atoms. The van der Waals surface area contributed by atoms with Crippen molar-refractivity contribution in [1.29, 1.82) is 0 Å². The molecule has 1 N–H and O–H groups in total. The molecule has 1 fully saturated rings. The summed E-state index contributed by atoms with van der Waals surface area (Å²) in [6, 6.07) is 16.8. The highest BCUT2D eigenvalue weighted by Gasteiger charge is 2.50. The molecule has 1 saturated heterocycles. The Morgan fingerprint density at radius 2 is 1.58 bits per heavy atom. The van der Waals surface area contributed by atoms with Gasteiger partial charge in [0.1, 0.15) is 4.91 Å². The van der Waals surface area contributed by atoms with Crippen molar-refractivity contribution in [3.8, 4) is 17.2 Å². The molecule has 36 heavy (non-hydrogen) atoms. The maximum absolute atomic E-state index is 13.8. The monoisotopic (exact) mass is 511 g/mol. The quantitative estimate of drug-likeness (QED) is 0.371. The molecule has 1 heterocycles. The highest BCUT2D eigenvalue weighted by atomic mass is 32.2. The first-order chi connectivity index (χ1) is 17.2. The average Bonchev–Trinajstić information content (AvgIpc) is 3.08. The molecule has 0 radical (unpaired) electrons. The number of benzene rings is 3. The Hall–Kier alpha value is -4.06. The van der Waals surface area contributed by atoms with Crippen LogP contribution in [0.3, 0.4) is 0 Å². The summed E-state index contributed by atoms with van der Waals surface area (Å²) in [5.41, 5.74) is 0.650. The molecule has 1 atom stereocenters. The van der Waals surface area contributed by atoms with Crippen LogP contribution in [0.1, 0.15) is 16.5 Å². The Kier molecular flexibility index (Phi) is 6.88. The summed E-state index contributed by atoms with van der Waals surface area (Å²) in [6.07, 6.45) is 1.24. The smallest absolute Gasteiger partial charge is 0.271 e. The van der Waals surface area contributed by atoms with E-state index in [1.54, 1.807) is 30.3 Å². The molecule has 10 nitrogen and oxygen atoms in total. The summed E-state index contributed by atoms with van der Waals surface area (Å²) in [5, 5.41) is 19.0. The van der Waals surface area contributed by atoms with Gasteiger partial charge in [0.05, 0.1) is 27.0 Å². The van der Waals surface area contributed by atoms with Crippen LogP contribution in [0.4, 0.5) is 11.4 Å². The minimum atomic E-state index is -4.24. The summed E-state index contributed by atoms with van der Waals surface area (Å²) in [6.45, 7) is 0. The molecule has 1 aliphatic rings. The van der Waals surface area contributed by atoms with Crippen LogP contribution in [0.2, 0.25) is 0 Å². The first-order valence-electron chi connectivity index (χ1n) is 10.6. The molecule has 0 saturated carbocycles. The highest BCUT2D eigenvalue weighted by Crippen LogP contribution is 2.45. The lowest BCUT2D eigenvalue weighted by molar-refractivity contribution is -0.114. The lowest BCUT2D eigenvalue weighted by Gasteiger charge is -2.26. The zero-order valence-electron chi connectivity index (χ0n) is 19.6. The SMILES string of the molecule is COc1cc(/C=C2\C(=O)N(c3cccc(N([O-])O)c3)C(c3ccccc3)S2(=O)=O)cc(OC)c1OC. The predicted octanol–water partition coefficient (Wildman–Crippen LogP) is 3.91. The number of amides is 1. The number of ether oxygens (including phenoxy) is 3. The minimum Gasteiger partial charge on any atom is -0.733 e. The highest BCUT2D eigenvalue weighted by molar-refractivity contribution is 7.97. The maximum atomic E-state index is 13.8. The first kappa shape index (κ1) is 25.0. The standard InChI is InChI=1S/C25H23N2O8S/c1-33-20-12-16(13-21(34-2)23(20)35-3)14-22-24(28)26(18-10-7-11-19(15-18)27(29)30)25(36(22,31)32)17-8-5-4-6-9-17/h4-15,25,29H,1-3H3/q-1/b22-14+. The van der Waals surface area contributed by atoms with Crippen molar-refractivity contribution in [2.24, 2.45) is 0 Å². The van der Waals surface area contributed by atoms with Gasteiger partial charge in [-0.05, 0) is 47.5 Å². The maximum Gasteiger partial charge on any atom is 0.271 e. The van der Waals surface area contributed by atoms with Crippen molar-refractivity contribution in [2.45, 2.75) is 5.37 Å². The van der Waals surface area contributed by atoms with E-state index >= 15 is 0 Å². The third kappa shape index (κ3) is 4.35. The summed E-state index contributed by atoms with van der Waals surface area (Å²) in [4.78, 5) is 14.3. The van der Waals surface area contributed by atoms with Crippen LogP contribution in [-0.2, 0) is 14.6 Å². The lowest BCUT2D eigenvalue weighted by Crippen LogP contribution is -2.29. The predicted molar refractivity (Wildman–Crippen MR) is 134 cm³/mol. The molecule has 188 valence electrons. The number of carbonyl (C=O) groups is 1. The van der Waals surface area contributed by atoms with Gasteiger partial charge < -0.3 is 24.6 Å². The molecule has 0 bridgehead atoms. The van der Waals surface area contributed by atoms with Crippen molar-refractivity contribution in [3.63, 3.8) is 0 Å². The fourth-order valence-corrected chi connectivity index (χ4v) is 5.94. The third-order valence-electron chi connectivity index (χ3n) is 5.66. The molecule has 3 aromatic carbocycles. The van der Waals surface area contributed by atoms with E-state index in [4.69, 9.17) is 14.2 Å². The Bertz CT molecular complexity index is 1400. The van der Waals surface area contributed by atoms with Gasteiger partial charge in [0.2, 0.25) is 15.6 Å². The summed E-state index contributed by atoms with van der Waals surface area (Å²) in [5.74, 6) is 0.0862. The van der Waals surface area contributed by atoms with Gasteiger partial charge in [-0.15, -0.1) is 0 Å². The zero-order valence-corrected chi connectivity index (χ0v) is 20.4. The topological polar surface area (TPSA) is 129 Å². The molecule has 1 unspecified atom stereocenters. The zero-order chi connectivity index (χ0) is 26.0. The van der Waals surface area contributed by atoms with E-state index in [1.807, 2.05) is 0 Å². The Labute approximate surface area is 208 Å². The lowest BCUT2D eigenvalue weighted by atomic mass is 10.1. The number of hydrogen-bond donors (Lipinski definition) is 1. The normalized spacial score (nSPS) is 17.8. The van der Waals surface area contributed by atoms with E-state index in [0.717, 1.165) is 4.90 Å². The molecule has 0 aliphatic carbocycles. The molecular formula is C25H23N2O8S-. The average molecular weight is 512 g/mol. The van der Waals surface area contributed by atoms with Gasteiger partial charge in [0.15, 0.2) is 16.9 Å². The van der Waals surface area contributed by atoms with Crippen LogP contribution >= 0.6 is 0 Å². The van der Waals surface area contributed by atoms with Crippen molar-refractivity contribution in [1.82, 2.24) is 0 Å². The first-order valence-corrected chi connectivity index (χ1v) is 12.2. The number of rotatable bonds is 7. The molecule has 1 aliphatic heterocycles. The number of hydrogen-bond acceptors (Lipinski definition) is 9. The number of carbonyl (C=O) groups excluding carboxylic acids is 1. The van der Waals surface area contributed by atoms with Crippen molar-refractivity contribution >= 4 is 33.2 Å². The number of nitrogens with zero attached hydrogens (tertiary/aromatic N) is 2. The van der Waals surface area contributed by atoms with E-state index in [9.17, 15) is 23.6 Å². The van der Waals surface area contributed by atoms with Crippen LogP contribution in [0.15, 0.2) is 71.6 Å². The second-order valence-corrected chi connectivity index (χ2v) is 9.72. The van der Waals surface area contributed by atoms with Gasteiger partial charge in [0, 0.05) is 5.69 Å². The Morgan fingerprint density at radius 3 is 2.14 bits per heavy atom. The summed E-state index contributed by atoms with van der Waals surface area (Å²) < 4.78 is 43.6. The number of sulfone groups is 1. The summed E-state index contributed by atoms with van der Waals surface area (Å²) >= 11 is 0. The van der Waals surface area contributed by atoms with Gasteiger partial charge >= 0.3 is 0 Å². The van der Waals surface area contributed by atoms with Crippen LogP contribution in [-0.4, -0.2) is 40.9 Å². The van der Waals surface area contributed by atoms with Crippen LogP contribution in [0.5, 0.6) is 17.2 Å². The van der Waals surface area contributed by atoms with Crippen molar-refractivity contribution in [2.75, 3.05) is 31.5 Å². The van der Waals surface area contributed by atoms with E-state index in [0.29, 0.717) is 16.9 Å². The van der Waals surface area contributed by atoms with Crippen molar-refractivity contribution < 1.29 is 32.6 Å². The van der Waals surface area contributed by atoms with E-state index in [2.05, 4.69) is 0 Å². The minimum absolute atomic E-state index is 0.123. The fraction of sp³-hybridized carbons (Fsp3) is 0.160. The Balaban J connectivity index is 1.93. The van der Waals surface area contributed by atoms with Gasteiger partial charge in [-0.2, -0.15) is 0 Å². The molecular weight excluding hydrogens is 488 g/mol.